The molecule has 1 aromatic rings. The molecule has 15 heavy (non-hydrogen) atoms. The first-order chi connectivity index (χ1) is 7.02. The summed E-state index contributed by atoms with van der Waals surface area (Å²) in [7, 11) is 0. The zero-order valence-electron chi connectivity index (χ0n) is 9.16. The lowest BCUT2D eigenvalue weighted by Gasteiger charge is -2.08. The Morgan fingerprint density at radius 1 is 1.60 bits per heavy atom. The number of hydrogen-bond donors (Lipinski definition) is 2. The number of aromatic nitrogens is 1. The number of nitrogens with one attached hydrogen (secondary N) is 1. The number of pyridine rings is 1. The Bertz CT molecular complexity index is 407. The van der Waals surface area contributed by atoms with Crippen molar-refractivity contribution >= 4 is 5.84 Å². The van der Waals surface area contributed by atoms with Crippen LogP contribution in [0.3, 0.4) is 0 Å². The largest absolute Gasteiger partial charge is 0.384 e. The molecule has 0 amide bonds. The molecule has 0 saturated heterocycles. The highest BCUT2D eigenvalue weighted by Gasteiger charge is 2.05. The van der Waals surface area contributed by atoms with E-state index in [4.69, 9.17) is 11.1 Å². The van der Waals surface area contributed by atoms with Crippen molar-refractivity contribution in [1.82, 2.24) is 4.57 Å². The summed E-state index contributed by atoms with van der Waals surface area (Å²) in [5.41, 5.74) is 5.41. The second kappa shape index (κ2) is 4.77. The fourth-order valence-electron chi connectivity index (χ4n) is 1.32. The molecular weight excluding hydrogens is 190 g/mol. The van der Waals surface area contributed by atoms with E-state index in [-0.39, 0.29) is 17.0 Å². The number of amidine groups is 1. The van der Waals surface area contributed by atoms with Crippen LogP contribution in [0, 0.1) is 11.3 Å². The number of aryl methyl sites for hydroxylation is 1. The van der Waals surface area contributed by atoms with Gasteiger partial charge >= 0.3 is 0 Å². The van der Waals surface area contributed by atoms with Gasteiger partial charge in [-0.15, -0.1) is 0 Å². The fourth-order valence-corrected chi connectivity index (χ4v) is 1.32. The number of hydrogen-bond acceptors (Lipinski definition) is 2. The van der Waals surface area contributed by atoms with Crippen LogP contribution in [-0.2, 0) is 6.54 Å². The molecule has 0 saturated carbocycles. The summed E-state index contributed by atoms with van der Waals surface area (Å²) in [6.07, 6.45) is 2.68. The minimum absolute atomic E-state index is 0.168. The van der Waals surface area contributed by atoms with Crippen molar-refractivity contribution in [2.75, 3.05) is 0 Å². The SMILES string of the molecule is CC(C)CCn1cccc(C(=N)N)c1=O. The molecule has 0 aliphatic rings. The molecule has 0 atom stereocenters. The first kappa shape index (κ1) is 11.5. The van der Waals surface area contributed by atoms with Crippen molar-refractivity contribution in [3.8, 4) is 0 Å². The summed E-state index contributed by atoms with van der Waals surface area (Å²) >= 11 is 0. The Balaban J connectivity index is 2.95. The maximum Gasteiger partial charge on any atom is 0.261 e. The Kier molecular flexibility index (Phi) is 3.66. The van der Waals surface area contributed by atoms with Crippen LogP contribution in [0.2, 0.25) is 0 Å². The smallest absolute Gasteiger partial charge is 0.261 e. The molecule has 4 nitrogen and oxygen atoms in total. The van der Waals surface area contributed by atoms with E-state index in [9.17, 15) is 4.79 Å². The number of nitrogens with two attached hydrogens (primary N) is 1. The van der Waals surface area contributed by atoms with Crippen LogP contribution in [0.5, 0.6) is 0 Å². The van der Waals surface area contributed by atoms with E-state index in [0.29, 0.717) is 12.5 Å². The zero-order valence-corrected chi connectivity index (χ0v) is 9.16. The van der Waals surface area contributed by atoms with E-state index in [2.05, 4.69) is 13.8 Å². The lowest BCUT2D eigenvalue weighted by atomic mass is 10.1. The van der Waals surface area contributed by atoms with Crippen molar-refractivity contribution in [2.45, 2.75) is 26.8 Å². The first-order valence-electron chi connectivity index (χ1n) is 5.06. The van der Waals surface area contributed by atoms with E-state index in [1.165, 1.54) is 0 Å². The Labute approximate surface area is 89.2 Å². The van der Waals surface area contributed by atoms with Gasteiger partial charge in [0.15, 0.2) is 0 Å². The summed E-state index contributed by atoms with van der Waals surface area (Å²) < 4.78 is 1.61. The minimum atomic E-state index is -0.175. The van der Waals surface area contributed by atoms with Gasteiger partial charge in [0.2, 0.25) is 0 Å². The van der Waals surface area contributed by atoms with E-state index in [0.717, 1.165) is 6.42 Å². The van der Waals surface area contributed by atoms with Gasteiger partial charge in [0.25, 0.3) is 5.56 Å². The van der Waals surface area contributed by atoms with E-state index >= 15 is 0 Å². The third-order valence-corrected chi connectivity index (χ3v) is 2.26. The standard InChI is InChI=1S/C11H17N3O/c1-8(2)5-7-14-6-3-4-9(10(12)13)11(14)15/h3-4,6,8H,5,7H2,1-2H3,(H3,12,13). The van der Waals surface area contributed by atoms with Gasteiger partial charge in [-0.05, 0) is 24.5 Å². The quantitative estimate of drug-likeness (QED) is 0.574. The van der Waals surface area contributed by atoms with E-state index < -0.39 is 0 Å². The molecule has 0 aliphatic heterocycles. The average Bonchev–Trinajstić information content (AvgIpc) is 2.15. The van der Waals surface area contributed by atoms with Gasteiger partial charge in [-0.3, -0.25) is 10.2 Å². The molecule has 0 unspecified atom stereocenters. The Hall–Kier alpha value is -1.58. The third kappa shape index (κ3) is 2.94. The summed E-state index contributed by atoms with van der Waals surface area (Å²) in [6.45, 7) is 4.90. The second-order valence-corrected chi connectivity index (χ2v) is 4.02. The van der Waals surface area contributed by atoms with Crippen molar-refractivity contribution in [3.05, 3.63) is 34.2 Å². The van der Waals surface area contributed by atoms with Gasteiger partial charge in [0, 0.05) is 12.7 Å². The predicted octanol–water partition coefficient (Wildman–Crippen LogP) is 1.18. The van der Waals surface area contributed by atoms with Crippen LogP contribution < -0.4 is 11.3 Å². The summed E-state index contributed by atoms with van der Waals surface area (Å²) in [4.78, 5) is 11.8. The van der Waals surface area contributed by atoms with Crippen molar-refractivity contribution in [2.24, 2.45) is 11.7 Å². The van der Waals surface area contributed by atoms with Crippen LogP contribution in [-0.4, -0.2) is 10.4 Å². The molecular formula is C11H17N3O. The molecule has 0 fully saturated rings. The molecule has 0 spiro atoms. The maximum absolute atomic E-state index is 11.8. The van der Waals surface area contributed by atoms with Gasteiger partial charge in [-0.1, -0.05) is 13.8 Å². The van der Waals surface area contributed by atoms with Crippen molar-refractivity contribution in [3.63, 3.8) is 0 Å². The third-order valence-electron chi connectivity index (χ3n) is 2.26. The van der Waals surface area contributed by atoms with Gasteiger partial charge < -0.3 is 10.3 Å². The van der Waals surface area contributed by atoms with Crippen LogP contribution in [0.15, 0.2) is 23.1 Å². The molecule has 0 aromatic carbocycles. The lowest BCUT2D eigenvalue weighted by Crippen LogP contribution is -2.29. The number of rotatable bonds is 4. The molecule has 0 bridgehead atoms. The average molecular weight is 207 g/mol. The molecule has 0 aliphatic carbocycles. The highest BCUT2D eigenvalue weighted by molar-refractivity contribution is 5.94. The van der Waals surface area contributed by atoms with Crippen LogP contribution in [0.25, 0.3) is 0 Å². The second-order valence-electron chi connectivity index (χ2n) is 4.02. The molecule has 1 aromatic heterocycles. The normalized spacial score (nSPS) is 10.6. The van der Waals surface area contributed by atoms with Crippen molar-refractivity contribution < 1.29 is 0 Å². The van der Waals surface area contributed by atoms with Crippen molar-refractivity contribution in [1.29, 1.82) is 5.41 Å². The predicted molar refractivity (Wildman–Crippen MR) is 61.2 cm³/mol. The number of nitrogen functional groups attached to an aromatic ring is 1. The lowest BCUT2D eigenvalue weighted by molar-refractivity contribution is 0.507. The van der Waals surface area contributed by atoms with E-state index in [1.807, 2.05) is 0 Å². The summed E-state index contributed by atoms with van der Waals surface area (Å²) in [5, 5.41) is 7.25. The Morgan fingerprint density at radius 3 is 2.80 bits per heavy atom. The summed E-state index contributed by atoms with van der Waals surface area (Å²) in [5.74, 6) is 0.386. The molecule has 1 rings (SSSR count). The van der Waals surface area contributed by atoms with Crippen LogP contribution >= 0.6 is 0 Å². The maximum atomic E-state index is 11.8. The highest BCUT2D eigenvalue weighted by atomic mass is 16.1. The van der Waals surface area contributed by atoms with Gasteiger partial charge in [-0.25, -0.2) is 0 Å². The monoisotopic (exact) mass is 207 g/mol. The fraction of sp³-hybridized carbons (Fsp3) is 0.455. The number of nitrogens with zero attached hydrogens (tertiary/aromatic N) is 1. The van der Waals surface area contributed by atoms with Crippen LogP contribution in [0.1, 0.15) is 25.8 Å². The first-order valence-corrected chi connectivity index (χ1v) is 5.06. The van der Waals surface area contributed by atoms with Crippen LogP contribution in [0.4, 0.5) is 0 Å². The van der Waals surface area contributed by atoms with E-state index in [1.54, 1.807) is 22.9 Å². The van der Waals surface area contributed by atoms with Gasteiger partial charge in [0.05, 0.1) is 5.56 Å². The molecule has 4 heteroatoms. The van der Waals surface area contributed by atoms with Gasteiger partial charge in [0.1, 0.15) is 5.84 Å². The topological polar surface area (TPSA) is 71.9 Å². The molecule has 1 heterocycles. The molecule has 0 radical (unpaired) electrons. The Morgan fingerprint density at radius 2 is 2.27 bits per heavy atom. The molecule has 82 valence electrons. The minimum Gasteiger partial charge on any atom is -0.384 e. The van der Waals surface area contributed by atoms with Gasteiger partial charge in [-0.2, -0.15) is 0 Å². The summed E-state index contributed by atoms with van der Waals surface area (Å²) in [6, 6.07) is 3.33. The highest BCUT2D eigenvalue weighted by Crippen LogP contribution is 2.01. The molecule has 3 N–H and O–H groups in total. The zero-order chi connectivity index (χ0) is 11.4.